The van der Waals surface area contributed by atoms with Gasteiger partial charge in [0.05, 0.1) is 25.4 Å². The highest BCUT2D eigenvalue weighted by Crippen LogP contribution is 2.29. The molecule has 0 atom stereocenters. The highest BCUT2D eigenvalue weighted by atomic mass is 32.1. The monoisotopic (exact) mass is 480 g/mol. The predicted molar refractivity (Wildman–Crippen MR) is 142 cm³/mol. The molecule has 0 aliphatic heterocycles. The third-order valence-corrected chi connectivity index (χ3v) is 6.28. The Bertz CT molecular complexity index is 1150. The summed E-state index contributed by atoms with van der Waals surface area (Å²) in [4.78, 5) is 11.5. The molecule has 2 aromatic carbocycles. The number of hydrogen-bond donors (Lipinski definition) is 3. The van der Waals surface area contributed by atoms with Crippen LogP contribution in [0.3, 0.4) is 0 Å². The summed E-state index contributed by atoms with van der Waals surface area (Å²) < 4.78 is 10.7. The summed E-state index contributed by atoms with van der Waals surface area (Å²) >= 11 is 5.55. The van der Waals surface area contributed by atoms with Gasteiger partial charge in [-0.15, -0.1) is 0 Å². The van der Waals surface area contributed by atoms with Crippen LogP contribution in [0, 0.1) is 0 Å². The van der Waals surface area contributed by atoms with E-state index >= 15 is 0 Å². The first-order valence-electron chi connectivity index (χ1n) is 11.5. The van der Waals surface area contributed by atoms with Crippen molar-refractivity contribution in [2.24, 2.45) is 0 Å². The van der Waals surface area contributed by atoms with Gasteiger partial charge in [-0.2, -0.15) is 4.98 Å². The highest BCUT2D eigenvalue weighted by molar-refractivity contribution is 7.80. The molecule has 4 rings (SSSR count). The molecule has 34 heavy (non-hydrogen) atoms. The molecule has 3 N–H and O–H groups in total. The molecule has 0 amide bonds. The van der Waals surface area contributed by atoms with Crippen LogP contribution in [0.1, 0.15) is 25.7 Å². The Morgan fingerprint density at radius 1 is 0.971 bits per heavy atom. The second-order valence-electron chi connectivity index (χ2n) is 8.64. The Morgan fingerprint density at radius 2 is 1.71 bits per heavy atom. The molecule has 0 spiro atoms. The SMILES string of the molecule is COc1ccc(NC(=S)NC2CCC(Nc3nc(N(C)C)c4ccccc4n3)CC2)c(OC)c1. The minimum absolute atomic E-state index is 0.317. The molecule has 1 aromatic heterocycles. The number of anilines is 3. The van der Waals surface area contributed by atoms with Crippen LogP contribution in [0.25, 0.3) is 10.9 Å². The van der Waals surface area contributed by atoms with Gasteiger partial charge in [-0.05, 0) is 62.2 Å². The molecular weight excluding hydrogens is 448 g/mol. The van der Waals surface area contributed by atoms with E-state index in [1.54, 1.807) is 14.2 Å². The summed E-state index contributed by atoms with van der Waals surface area (Å²) in [5.41, 5.74) is 1.76. The lowest BCUT2D eigenvalue weighted by Gasteiger charge is -2.30. The van der Waals surface area contributed by atoms with Crippen molar-refractivity contribution >= 4 is 45.7 Å². The van der Waals surface area contributed by atoms with Crippen molar-refractivity contribution in [3.63, 3.8) is 0 Å². The number of benzene rings is 2. The quantitative estimate of drug-likeness (QED) is 0.426. The van der Waals surface area contributed by atoms with Crippen molar-refractivity contribution in [3.8, 4) is 11.5 Å². The number of rotatable bonds is 7. The number of fused-ring (bicyclic) bond motifs is 1. The molecule has 1 fully saturated rings. The van der Waals surface area contributed by atoms with Crippen molar-refractivity contribution in [2.75, 3.05) is 43.8 Å². The first-order valence-corrected chi connectivity index (χ1v) is 11.9. The average molecular weight is 481 g/mol. The Morgan fingerprint density at radius 3 is 2.41 bits per heavy atom. The van der Waals surface area contributed by atoms with Gasteiger partial charge in [0.2, 0.25) is 5.95 Å². The van der Waals surface area contributed by atoms with Crippen molar-refractivity contribution in [2.45, 2.75) is 37.8 Å². The lowest BCUT2D eigenvalue weighted by Crippen LogP contribution is -2.42. The zero-order valence-electron chi connectivity index (χ0n) is 20.1. The normalized spacial score (nSPS) is 17.6. The van der Waals surface area contributed by atoms with E-state index in [0.29, 0.717) is 28.9 Å². The van der Waals surface area contributed by atoms with E-state index in [-0.39, 0.29) is 0 Å². The van der Waals surface area contributed by atoms with Gasteiger partial charge in [0.15, 0.2) is 5.11 Å². The molecule has 9 heteroatoms. The molecule has 0 unspecified atom stereocenters. The fraction of sp³-hybridized carbons (Fsp3) is 0.400. The van der Waals surface area contributed by atoms with Crippen molar-refractivity contribution in [1.29, 1.82) is 0 Å². The highest BCUT2D eigenvalue weighted by Gasteiger charge is 2.23. The van der Waals surface area contributed by atoms with Gasteiger partial charge < -0.3 is 30.3 Å². The third kappa shape index (κ3) is 5.59. The fourth-order valence-electron chi connectivity index (χ4n) is 4.28. The first kappa shape index (κ1) is 23.8. The summed E-state index contributed by atoms with van der Waals surface area (Å²) in [5, 5.41) is 11.9. The summed E-state index contributed by atoms with van der Waals surface area (Å²) in [6, 6.07) is 14.4. The first-order chi connectivity index (χ1) is 16.5. The average Bonchev–Trinajstić information content (AvgIpc) is 2.85. The van der Waals surface area contributed by atoms with Gasteiger partial charge in [0.25, 0.3) is 0 Å². The van der Waals surface area contributed by atoms with Crippen LogP contribution in [0.2, 0.25) is 0 Å². The molecular formula is C25H32N6O2S. The molecule has 180 valence electrons. The Balaban J connectivity index is 1.32. The summed E-state index contributed by atoms with van der Waals surface area (Å²) in [6.07, 6.45) is 4.04. The molecule has 1 aliphatic carbocycles. The van der Waals surface area contributed by atoms with Gasteiger partial charge in [0, 0.05) is 37.6 Å². The summed E-state index contributed by atoms with van der Waals surface area (Å²) in [6.45, 7) is 0. The van der Waals surface area contributed by atoms with Gasteiger partial charge in [-0.3, -0.25) is 0 Å². The van der Waals surface area contributed by atoms with Gasteiger partial charge >= 0.3 is 0 Å². The van der Waals surface area contributed by atoms with E-state index in [1.165, 1.54) is 0 Å². The van der Waals surface area contributed by atoms with Crippen LogP contribution in [-0.4, -0.2) is 55.5 Å². The number of aromatic nitrogens is 2. The van der Waals surface area contributed by atoms with Crippen LogP contribution < -0.4 is 30.3 Å². The second kappa shape index (κ2) is 10.7. The zero-order valence-corrected chi connectivity index (χ0v) is 20.9. The van der Waals surface area contributed by atoms with Crippen LogP contribution in [0.4, 0.5) is 17.5 Å². The molecule has 1 saturated carbocycles. The Kier molecular flexibility index (Phi) is 7.52. The number of hydrogen-bond acceptors (Lipinski definition) is 7. The number of nitrogens with one attached hydrogen (secondary N) is 3. The lowest BCUT2D eigenvalue weighted by molar-refractivity contribution is 0.387. The number of methoxy groups -OCH3 is 2. The van der Waals surface area contributed by atoms with Crippen LogP contribution in [0.15, 0.2) is 42.5 Å². The topological polar surface area (TPSA) is 83.6 Å². The maximum absolute atomic E-state index is 5.55. The van der Waals surface area contributed by atoms with Gasteiger partial charge in [-0.1, -0.05) is 12.1 Å². The zero-order chi connectivity index (χ0) is 24.1. The smallest absolute Gasteiger partial charge is 0.225 e. The molecule has 1 aliphatic rings. The lowest BCUT2D eigenvalue weighted by atomic mass is 9.91. The van der Waals surface area contributed by atoms with Crippen molar-refractivity contribution in [1.82, 2.24) is 15.3 Å². The van der Waals surface area contributed by atoms with E-state index < -0.39 is 0 Å². The summed E-state index contributed by atoms with van der Waals surface area (Å²) in [7, 11) is 7.28. The third-order valence-electron chi connectivity index (χ3n) is 6.06. The number of nitrogens with zero attached hydrogens (tertiary/aromatic N) is 3. The van der Waals surface area contributed by atoms with Gasteiger partial charge in [0.1, 0.15) is 17.3 Å². The van der Waals surface area contributed by atoms with Crippen LogP contribution in [0.5, 0.6) is 11.5 Å². The largest absolute Gasteiger partial charge is 0.497 e. The Hall–Kier alpha value is -3.33. The van der Waals surface area contributed by atoms with Crippen LogP contribution in [-0.2, 0) is 0 Å². The predicted octanol–water partition coefficient (Wildman–Crippen LogP) is 4.42. The Labute approximate surface area is 206 Å². The molecule has 0 radical (unpaired) electrons. The van der Waals surface area contributed by atoms with Crippen LogP contribution >= 0.6 is 12.2 Å². The van der Waals surface area contributed by atoms with E-state index in [0.717, 1.165) is 53.8 Å². The van der Waals surface area contributed by atoms with E-state index in [2.05, 4.69) is 22.0 Å². The summed E-state index contributed by atoms with van der Waals surface area (Å²) in [5.74, 6) is 3.03. The van der Waals surface area contributed by atoms with Crippen molar-refractivity contribution < 1.29 is 9.47 Å². The molecule has 0 saturated heterocycles. The maximum atomic E-state index is 5.55. The standard InChI is InChI=1S/C25H32N6O2S/c1-31(2)23-19-7-5-6-8-20(19)28-24(30-23)26-16-9-11-17(12-10-16)27-25(34)29-21-14-13-18(32-3)15-22(21)33-4/h5-8,13-17H,9-12H2,1-4H3,(H,26,28,30)(H2,27,29,34). The van der Waals surface area contributed by atoms with Gasteiger partial charge in [-0.25, -0.2) is 4.98 Å². The number of ether oxygens (including phenoxy) is 2. The number of thiocarbonyl (C=S) groups is 1. The number of para-hydroxylation sites is 1. The molecule has 3 aromatic rings. The second-order valence-corrected chi connectivity index (χ2v) is 9.05. The minimum atomic E-state index is 0.317. The van der Waals surface area contributed by atoms with E-state index in [1.807, 2.05) is 55.4 Å². The van der Waals surface area contributed by atoms with Crippen molar-refractivity contribution in [3.05, 3.63) is 42.5 Å². The van der Waals surface area contributed by atoms with E-state index in [4.69, 9.17) is 31.7 Å². The maximum Gasteiger partial charge on any atom is 0.225 e. The molecule has 1 heterocycles. The van der Waals surface area contributed by atoms with E-state index in [9.17, 15) is 0 Å². The molecule has 8 nitrogen and oxygen atoms in total. The molecule has 0 bridgehead atoms. The fourth-order valence-corrected chi connectivity index (χ4v) is 4.55. The minimum Gasteiger partial charge on any atom is -0.497 e.